The predicted molar refractivity (Wildman–Crippen MR) is 94.9 cm³/mol. The maximum Gasteiger partial charge on any atom is 0.0420 e. The molecule has 1 N–H and O–H groups in total. The van der Waals surface area contributed by atoms with Crippen molar-refractivity contribution in [1.29, 1.82) is 0 Å². The summed E-state index contributed by atoms with van der Waals surface area (Å²) in [7, 11) is 2.17. The molecule has 3 heteroatoms. The van der Waals surface area contributed by atoms with Gasteiger partial charge in [0.25, 0.3) is 0 Å². The van der Waals surface area contributed by atoms with Crippen LogP contribution in [0.25, 0.3) is 0 Å². The molecule has 0 radical (unpaired) electrons. The van der Waals surface area contributed by atoms with Crippen LogP contribution in [0.1, 0.15) is 18.1 Å². The van der Waals surface area contributed by atoms with Gasteiger partial charge in [0.1, 0.15) is 0 Å². The van der Waals surface area contributed by atoms with Crippen molar-refractivity contribution < 1.29 is 0 Å². The summed E-state index contributed by atoms with van der Waals surface area (Å²) in [6.45, 7) is 5.05. The number of halogens is 1. The molecule has 0 atom stereocenters. The highest BCUT2D eigenvalue weighted by Crippen LogP contribution is 2.24. The third kappa shape index (κ3) is 4.87. The Morgan fingerprint density at radius 1 is 1.10 bits per heavy atom. The zero-order chi connectivity index (χ0) is 15.1. The highest BCUT2D eigenvalue weighted by atomic mass is 79.9. The third-order valence-electron chi connectivity index (χ3n) is 3.60. The molecular formula is C18H23BrN2. The fraction of sp³-hybridized carbons (Fsp3) is 0.333. The predicted octanol–water partition coefficient (Wildman–Crippen LogP) is 4.24. The second-order valence-corrected chi connectivity index (χ2v) is 6.13. The van der Waals surface area contributed by atoms with E-state index in [4.69, 9.17) is 0 Å². The van der Waals surface area contributed by atoms with Crippen molar-refractivity contribution in [1.82, 2.24) is 5.32 Å². The van der Waals surface area contributed by atoms with E-state index in [2.05, 4.69) is 88.6 Å². The summed E-state index contributed by atoms with van der Waals surface area (Å²) >= 11 is 3.58. The molecule has 0 bridgehead atoms. The van der Waals surface area contributed by atoms with Gasteiger partial charge in [-0.05, 0) is 36.2 Å². The first-order valence-corrected chi connectivity index (χ1v) is 8.24. The van der Waals surface area contributed by atoms with Crippen LogP contribution in [0.3, 0.4) is 0 Å². The van der Waals surface area contributed by atoms with Crippen LogP contribution in [-0.2, 0) is 13.0 Å². The molecule has 21 heavy (non-hydrogen) atoms. The number of anilines is 1. The van der Waals surface area contributed by atoms with Crippen molar-refractivity contribution >= 4 is 21.6 Å². The minimum atomic E-state index is 0.911. The standard InChI is InChI=1S/C18H23BrN2/c1-3-20-14-16-9-10-17(19)13-18(16)21(2)12-11-15-7-5-4-6-8-15/h4-10,13,20H,3,11-12,14H2,1-2H3. The van der Waals surface area contributed by atoms with Crippen molar-refractivity contribution in [2.24, 2.45) is 0 Å². The van der Waals surface area contributed by atoms with E-state index >= 15 is 0 Å². The van der Waals surface area contributed by atoms with Gasteiger partial charge in [-0.1, -0.05) is 59.3 Å². The summed E-state index contributed by atoms with van der Waals surface area (Å²) in [5.41, 5.74) is 4.02. The fourth-order valence-electron chi connectivity index (χ4n) is 2.36. The Hall–Kier alpha value is -1.32. The highest BCUT2D eigenvalue weighted by molar-refractivity contribution is 9.10. The second-order valence-electron chi connectivity index (χ2n) is 5.21. The average molecular weight is 347 g/mol. The Balaban J connectivity index is 2.06. The molecule has 0 fully saturated rings. The largest absolute Gasteiger partial charge is 0.374 e. The van der Waals surface area contributed by atoms with Crippen LogP contribution in [-0.4, -0.2) is 20.1 Å². The maximum absolute atomic E-state index is 3.58. The van der Waals surface area contributed by atoms with Gasteiger partial charge in [0.05, 0.1) is 0 Å². The van der Waals surface area contributed by atoms with Crippen LogP contribution >= 0.6 is 15.9 Å². The number of hydrogen-bond acceptors (Lipinski definition) is 2. The van der Waals surface area contributed by atoms with E-state index in [1.54, 1.807) is 0 Å². The second kappa shape index (κ2) is 8.20. The fourth-order valence-corrected chi connectivity index (χ4v) is 2.71. The van der Waals surface area contributed by atoms with Gasteiger partial charge in [-0.25, -0.2) is 0 Å². The van der Waals surface area contributed by atoms with Gasteiger partial charge < -0.3 is 10.2 Å². The summed E-state index contributed by atoms with van der Waals surface area (Å²) in [5.74, 6) is 0. The van der Waals surface area contributed by atoms with E-state index in [0.29, 0.717) is 0 Å². The van der Waals surface area contributed by atoms with Crippen LogP contribution in [0.15, 0.2) is 53.0 Å². The summed E-state index contributed by atoms with van der Waals surface area (Å²) in [6, 6.07) is 17.2. The lowest BCUT2D eigenvalue weighted by molar-refractivity contribution is 0.722. The van der Waals surface area contributed by atoms with Gasteiger partial charge in [0, 0.05) is 30.3 Å². The molecule has 2 aromatic carbocycles. The van der Waals surface area contributed by atoms with Gasteiger partial charge in [-0.3, -0.25) is 0 Å². The van der Waals surface area contributed by atoms with E-state index in [-0.39, 0.29) is 0 Å². The molecule has 2 nitrogen and oxygen atoms in total. The number of hydrogen-bond donors (Lipinski definition) is 1. The van der Waals surface area contributed by atoms with Crippen LogP contribution in [0.2, 0.25) is 0 Å². The molecule has 0 amide bonds. The van der Waals surface area contributed by atoms with E-state index in [1.807, 2.05) is 0 Å². The first-order chi connectivity index (χ1) is 10.2. The van der Waals surface area contributed by atoms with Crippen LogP contribution in [0.5, 0.6) is 0 Å². The zero-order valence-corrected chi connectivity index (χ0v) is 14.4. The van der Waals surface area contributed by atoms with Crippen molar-refractivity contribution in [3.8, 4) is 0 Å². The van der Waals surface area contributed by atoms with Gasteiger partial charge in [-0.2, -0.15) is 0 Å². The number of nitrogens with one attached hydrogen (secondary N) is 1. The van der Waals surface area contributed by atoms with E-state index in [1.165, 1.54) is 16.8 Å². The molecule has 0 saturated carbocycles. The maximum atomic E-state index is 3.58. The van der Waals surface area contributed by atoms with Gasteiger partial charge >= 0.3 is 0 Å². The average Bonchev–Trinajstić information content (AvgIpc) is 2.52. The van der Waals surface area contributed by atoms with Gasteiger partial charge in [0.15, 0.2) is 0 Å². The molecule has 2 aromatic rings. The first-order valence-electron chi connectivity index (χ1n) is 7.45. The molecular weight excluding hydrogens is 324 g/mol. The molecule has 2 rings (SSSR count). The lowest BCUT2D eigenvalue weighted by Gasteiger charge is -2.23. The van der Waals surface area contributed by atoms with Crippen LogP contribution in [0.4, 0.5) is 5.69 Å². The molecule has 0 aromatic heterocycles. The highest BCUT2D eigenvalue weighted by Gasteiger charge is 2.08. The van der Waals surface area contributed by atoms with Crippen molar-refractivity contribution in [3.05, 3.63) is 64.1 Å². The normalized spacial score (nSPS) is 10.6. The minimum Gasteiger partial charge on any atom is -0.374 e. The molecule has 0 aliphatic heterocycles. The minimum absolute atomic E-state index is 0.911. The Morgan fingerprint density at radius 2 is 1.86 bits per heavy atom. The molecule has 0 unspecified atom stereocenters. The first kappa shape index (κ1) is 16.1. The van der Waals surface area contributed by atoms with Crippen molar-refractivity contribution in [3.63, 3.8) is 0 Å². The van der Waals surface area contributed by atoms with Crippen molar-refractivity contribution in [2.45, 2.75) is 19.9 Å². The SMILES string of the molecule is CCNCc1ccc(Br)cc1N(C)CCc1ccccc1. The summed E-state index contributed by atoms with van der Waals surface area (Å²) < 4.78 is 1.13. The molecule has 0 aliphatic carbocycles. The number of nitrogens with zero attached hydrogens (tertiary/aromatic N) is 1. The topological polar surface area (TPSA) is 15.3 Å². The smallest absolute Gasteiger partial charge is 0.0420 e. The molecule has 0 aliphatic rings. The lowest BCUT2D eigenvalue weighted by atomic mass is 10.1. The van der Waals surface area contributed by atoms with Gasteiger partial charge in [-0.15, -0.1) is 0 Å². The van der Waals surface area contributed by atoms with Crippen molar-refractivity contribution in [2.75, 3.05) is 25.0 Å². The summed E-state index contributed by atoms with van der Waals surface area (Å²) in [5, 5.41) is 3.41. The molecule has 0 heterocycles. The Labute approximate surface area is 136 Å². The Kier molecular flexibility index (Phi) is 6.27. The summed E-state index contributed by atoms with van der Waals surface area (Å²) in [4.78, 5) is 2.34. The molecule has 0 spiro atoms. The monoisotopic (exact) mass is 346 g/mol. The van der Waals surface area contributed by atoms with Gasteiger partial charge in [0.2, 0.25) is 0 Å². The van der Waals surface area contributed by atoms with Crippen LogP contribution < -0.4 is 10.2 Å². The third-order valence-corrected chi connectivity index (χ3v) is 4.10. The Bertz CT molecular complexity index is 554. The molecule has 0 saturated heterocycles. The number of rotatable bonds is 7. The zero-order valence-electron chi connectivity index (χ0n) is 12.8. The number of benzene rings is 2. The number of likely N-dealkylation sites (N-methyl/N-ethyl adjacent to an activating group) is 1. The summed E-state index contributed by atoms with van der Waals surface area (Å²) in [6.07, 6.45) is 1.06. The van der Waals surface area contributed by atoms with E-state index < -0.39 is 0 Å². The van der Waals surface area contributed by atoms with Crippen LogP contribution in [0, 0.1) is 0 Å². The van der Waals surface area contributed by atoms with E-state index in [0.717, 1.165) is 30.5 Å². The van der Waals surface area contributed by atoms with E-state index in [9.17, 15) is 0 Å². The Morgan fingerprint density at radius 3 is 2.57 bits per heavy atom. The molecule has 112 valence electrons. The lowest BCUT2D eigenvalue weighted by Crippen LogP contribution is -2.23. The quantitative estimate of drug-likeness (QED) is 0.806.